The van der Waals surface area contributed by atoms with E-state index in [-0.39, 0.29) is 0 Å². The minimum absolute atomic E-state index is 0.547. The van der Waals surface area contributed by atoms with Gasteiger partial charge in [0.1, 0.15) is 11.3 Å². The van der Waals surface area contributed by atoms with Crippen molar-refractivity contribution in [1.29, 1.82) is 0 Å². The maximum atomic E-state index is 5.34. The number of hydrogen-bond donors (Lipinski definition) is 1. The summed E-state index contributed by atoms with van der Waals surface area (Å²) >= 11 is 5.34. The molecular formula is C16H18N4S. The Hall–Kier alpha value is -2.01. The summed E-state index contributed by atoms with van der Waals surface area (Å²) in [5.41, 5.74) is 7.75. The first-order chi connectivity index (χ1) is 9.88. The lowest BCUT2D eigenvalue weighted by molar-refractivity contribution is 0.786. The Morgan fingerprint density at radius 2 is 1.71 bits per heavy atom. The molecule has 0 amide bonds. The molecule has 0 spiro atoms. The quantitative estimate of drug-likeness (QED) is 0.692. The molecule has 0 saturated heterocycles. The third kappa shape index (κ3) is 2.17. The highest BCUT2D eigenvalue weighted by Crippen LogP contribution is 2.32. The molecule has 1 N–H and O–H groups in total. The van der Waals surface area contributed by atoms with Crippen molar-refractivity contribution in [2.75, 3.05) is 0 Å². The molecule has 0 unspecified atom stereocenters. The molecule has 21 heavy (non-hydrogen) atoms. The molecule has 0 aliphatic rings. The molecule has 0 aliphatic carbocycles. The Morgan fingerprint density at radius 3 is 2.33 bits per heavy atom. The molecule has 1 aromatic carbocycles. The largest absolute Gasteiger partial charge is 0.340 e. The lowest BCUT2D eigenvalue weighted by Gasteiger charge is -2.12. The number of benzene rings is 1. The molecule has 3 aromatic rings. The second kappa shape index (κ2) is 4.77. The zero-order chi connectivity index (χ0) is 15.3. The molecule has 0 saturated carbocycles. The highest BCUT2D eigenvalue weighted by Gasteiger charge is 2.17. The molecule has 108 valence electrons. The van der Waals surface area contributed by atoms with E-state index in [2.05, 4.69) is 48.0 Å². The summed E-state index contributed by atoms with van der Waals surface area (Å²) < 4.78 is 2.44. The average Bonchev–Trinajstić information content (AvgIpc) is 2.66. The summed E-state index contributed by atoms with van der Waals surface area (Å²) in [6.07, 6.45) is 0. The number of fused-ring (bicyclic) bond motifs is 1. The van der Waals surface area contributed by atoms with E-state index in [1.54, 1.807) is 0 Å². The molecule has 5 heteroatoms. The molecule has 3 rings (SSSR count). The van der Waals surface area contributed by atoms with Crippen LogP contribution in [-0.4, -0.2) is 19.7 Å². The van der Waals surface area contributed by atoms with Gasteiger partial charge in [-0.3, -0.25) is 4.68 Å². The van der Waals surface area contributed by atoms with E-state index in [4.69, 9.17) is 12.2 Å². The molecular weight excluding hydrogens is 280 g/mol. The number of H-pyrrole nitrogens is 1. The van der Waals surface area contributed by atoms with Gasteiger partial charge in [0.05, 0.1) is 11.2 Å². The Labute approximate surface area is 128 Å². The van der Waals surface area contributed by atoms with Crippen LogP contribution in [0.3, 0.4) is 0 Å². The van der Waals surface area contributed by atoms with Crippen LogP contribution in [0.1, 0.15) is 22.5 Å². The van der Waals surface area contributed by atoms with Gasteiger partial charge in [0.2, 0.25) is 0 Å². The third-order valence-electron chi connectivity index (χ3n) is 3.74. The fourth-order valence-electron chi connectivity index (χ4n) is 3.05. The maximum Gasteiger partial charge on any atom is 0.157 e. The van der Waals surface area contributed by atoms with Crippen molar-refractivity contribution in [2.45, 2.75) is 27.7 Å². The predicted molar refractivity (Wildman–Crippen MR) is 88.1 cm³/mol. The number of aryl methyl sites for hydroxylation is 5. The van der Waals surface area contributed by atoms with Crippen LogP contribution >= 0.6 is 12.2 Å². The normalized spacial score (nSPS) is 11.3. The highest BCUT2D eigenvalue weighted by atomic mass is 32.1. The van der Waals surface area contributed by atoms with Crippen molar-refractivity contribution >= 4 is 23.3 Å². The van der Waals surface area contributed by atoms with Crippen LogP contribution in [0.15, 0.2) is 12.1 Å². The van der Waals surface area contributed by atoms with Gasteiger partial charge in [-0.25, -0.2) is 4.98 Å². The van der Waals surface area contributed by atoms with Gasteiger partial charge in [0, 0.05) is 12.6 Å². The van der Waals surface area contributed by atoms with E-state index in [0.717, 1.165) is 22.6 Å². The van der Waals surface area contributed by atoms with Crippen molar-refractivity contribution < 1.29 is 0 Å². The van der Waals surface area contributed by atoms with E-state index in [1.807, 2.05) is 18.7 Å². The first kappa shape index (κ1) is 13.9. The van der Waals surface area contributed by atoms with Crippen LogP contribution in [0.25, 0.3) is 22.3 Å². The van der Waals surface area contributed by atoms with Crippen molar-refractivity contribution in [3.8, 4) is 11.3 Å². The number of nitrogens with one attached hydrogen (secondary N) is 1. The minimum Gasteiger partial charge on any atom is -0.340 e. The monoisotopic (exact) mass is 298 g/mol. The molecule has 0 bridgehead atoms. The molecule has 0 atom stereocenters. The van der Waals surface area contributed by atoms with Gasteiger partial charge in [0.15, 0.2) is 4.64 Å². The number of hydrogen-bond acceptors (Lipinski definition) is 3. The van der Waals surface area contributed by atoms with Crippen LogP contribution in [0.2, 0.25) is 0 Å². The van der Waals surface area contributed by atoms with E-state index < -0.39 is 0 Å². The summed E-state index contributed by atoms with van der Waals surface area (Å²) in [6.45, 7) is 8.31. The van der Waals surface area contributed by atoms with E-state index in [0.29, 0.717) is 4.64 Å². The maximum absolute atomic E-state index is 5.34. The van der Waals surface area contributed by atoms with E-state index in [9.17, 15) is 0 Å². The fraction of sp³-hybridized carbons (Fsp3) is 0.312. The molecule has 2 heterocycles. The van der Waals surface area contributed by atoms with Crippen LogP contribution in [0, 0.1) is 32.3 Å². The Bertz CT molecular complexity index is 895. The predicted octanol–water partition coefficient (Wildman–Crippen LogP) is 3.93. The second-order valence-corrected chi connectivity index (χ2v) is 5.98. The first-order valence-corrected chi connectivity index (χ1v) is 7.31. The summed E-state index contributed by atoms with van der Waals surface area (Å²) in [5, 5.41) is 4.55. The molecule has 4 nitrogen and oxygen atoms in total. The summed E-state index contributed by atoms with van der Waals surface area (Å²) in [5.74, 6) is 0.809. The standard InChI is InChI=1S/C16H18N4S/c1-8-6-9(2)12(10(3)7-8)15-13-14(19-20(15)5)16(21)18-11(4)17-13/h6-7H,1-5H3,(H,17,18,21). The fourth-order valence-corrected chi connectivity index (χ4v) is 3.33. The lowest BCUT2D eigenvalue weighted by atomic mass is 9.97. The highest BCUT2D eigenvalue weighted by molar-refractivity contribution is 7.71. The number of aromatic nitrogens is 4. The average molecular weight is 298 g/mol. The zero-order valence-electron chi connectivity index (χ0n) is 12.9. The molecule has 2 aromatic heterocycles. The topological polar surface area (TPSA) is 46.5 Å². The molecule has 0 radical (unpaired) electrons. The van der Waals surface area contributed by atoms with Crippen LogP contribution in [0.5, 0.6) is 0 Å². The Morgan fingerprint density at radius 1 is 1.10 bits per heavy atom. The van der Waals surface area contributed by atoms with Gasteiger partial charge in [-0.05, 0) is 38.8 Å². The van der Waals surface area contributed by atoms with Gasteiger partial charge in [-0.15, -0.1) is 0 Å². The number of rotatable bonds is 1. The van der Waals surface area contributed by atoms with Crippen molar-refractivity contribution in [2.24, 2.45) is 7.05 Å². The summed E-state index contributed by atoms with van der Waals surface area (Å²) in [7, 11) is 1.95. The Kier molecular flexibility index (Phi) is 3.17. The number of aromatic amines is 1. The van der Waals surface area contributed by atoms with Crippen LogP contribution in [0.4, 0.5) is 0 Å². The minimum atomic E-state index is 0.547. The third-order valence-corrected chi connectivity index (χ3v) is 4.02. The number of nitrogens with zero attached hydrogens (tertiary/aromatic N) is 3. The summed E-state index contributed by atoms with van der Waals surface area (Å²) in [6, 6.07) is 4.40. The smallest absolute Gasteiger partial charge is 0.157 e. The van der Waals surface area contributed by atoms with Gasteiger partial charge < -0.3 is 4.98 Å². The zero-order valence-corrected chi connectivity index (χ0v) is 13.7. The van der Waals surface area contributed by atoms with E-state index in [1.165, 1.54) is 22.3 Å². The Balaban J connectivity index is 2.47. The van der Waals surface area contributed by atoms with Crippen molar-refractivity contribution in [3.63, 3.8) is 0 Å². The van der Waals surface area contributed by atoms with Gasteiger partial charge in [0.25, 0.3) is 0 Å². The first-order valence-electron chi connectivity index (χ1n) is 6.90. The van der Waals surface area contributed by atoms with Gasteiger partial charge in [-0.1, -0.05) is 29.9 Å². The second-order valence-electron chi connectivity index (χ2n) is 5.60. The molecule has 0 fully saturated rings. The van der Waals surface area contributed by atoms with Crippen LogP contribution < -0.4 is 0 Å². The van der Waals surface area contributed by atoms with Crippen LogP contribution in [-0.2, 0) is 7.05 Å². The van der Waals surface area contributed by atoms with Gasteiger partial charge in [-0.2, -0.15) is 5.10 Å². The van der Waals surface area contributed by atoms with E-state index >= 15 is 0 Å². The summed E-state index contributed by atoms with van der Waals surface area (Å²) in [4.78, 5) is 7.62. The SMILES string of the molecule is Cc1cc(C)c(-c2c3[nH]c(C)nc(=S)c3nn2C)c(C)c1. The van der Waals surface area contributed by atoms with Crippen molar-refractivity contribution in [3.05, 3.63) is 39.3 Å². The molecule has 0 aliphatic heterocycles. The van der Waals surface area contributed by atoms with Gasteiger partial charge >= 0.3 is 0 Å². The van der Waals surface area contributed by atoms with Crippen molar-refractivity contribution in [1.82, 2.24) is 19.7 Å². The lowest BCUT2D eigenvalue weighted by Crippen LogP contribution is -1.98.